The van der Waals surface area contributed by atoms with Gasteiger partial charge in [-0.25, -0.2) is 23.5 Å². The number of nitrogens with one attached hydrogen (secondary N) is 1. The molecule has 4 N–H and O–H groups in total. The monoisotopic (exact) mass is 451 g/mol. The molecule has 30 heavy (non-hydrogen) atoms. The van der Waals surface area contributed by atoms with Crippen molar-refractivity contribution in [2.45, 2.75) is 43.7 Å². The minimum Gasteiger partial charge on any atom is -0.376 e. The Kier molecular flexibility index (Phi) is 5.59. The lowest BCUT2D eigenvalue weighted by molar-refractivity contribution is 0.0960. The number of aliphatic hydroxyl groups excluding tert-OH is 1. The van der Waals surface area contributed by atoms with Crippen molar-refractivity contribution >= 4 is 37.3 Å². The number of pyridine rings is 1. The SMILES string of the molecule is Cc1sc2ncn(CC3CCCO3)c(=O)c2c1C(O)Nc1ccc(S(N)(=O)=O)nc1. The van der Waals surface area contributed by atoms with Crippen LogP contribution in [0.4, 0.5) is 5.69 Å². The summed E-state index contributed by atoms with van der Waals surface area (Å²) in [6.07, 6.45) is 3.40. The normalized spacial score (nSPS) is 18.0. The zero-order chi connectivity index (χ0) is 21.5. The molecule has 0 aliphatic carbocycles. The molecule has 160 valence electrons. The molecule has 0 radical (unpaired) electrons. The van der Waals surface area contributed by atoms with Gasteiger partial charge < -0.3 is 15.2 Å². The second-order valence-electron chi connectivity index (χ2n) is 7.07. The van der Waals surface area contributed by atoms with E-state index < -0.39 is 16.3 Å². The Morgan fingerprint density at radius 2 is 2.23 bits per heavy atom. The highest BCUT2D eigenvalue weighted by molar-refractivity contribution is 7.89. The van der Waals surface area contributed by atoms with E-state index in [2.05, 4.69) is 15.3 Å². The molecule has 0 bridgehead atoms. The third-order valence-corrected chi connectivity index (χ3v) is 6.78. The zero-order valence-electron chi connectivity index (χ0n) is 16.1. The summed E-state index contributed by atoms with van der Waals surface area (Å²) in [5.41, 5.74) is 0.570. The van der Waals surface area contributed by atoms with Gasteiger partial charge in [0.05, 0.1) is 36.2 Å². The summed E-state index contributed by atoms with van der Waals surface area (Å²) in [6, 6.07) is 2.67. The zero-order valence-corrected chi connectivity index (χ0v) is 17.7. The number of ether oxygens (including phenoxy) is 1. The lowest BCUT2D eigenvalue weighted by atomic mass is 10.1. The largest absolute Gasteiger partial charge is 0.376 e. The van der Waals surface area contributed by atoms with Crippen LogP contribution in [0.25, 0.3) is 10.2 Å². The second-order valence-corrected chi connectivity index (χ2v) is 9.78. The van der Waals surface area contributed by atoms with E-state index in [-0.39, 0.29) is 16.7 Å². The van der Waals surface area contributed by atoms with Crippen LogP contribution in [0.15, 0.2) is 34.5 Å². The second kappa shape index (κ2) is 8.04. The van der Waals surface area contributed by atoms with Crippen molar-refractivity contribution in [1.82, 2.24) is 14.5 Å². The van der Waals surface area contributed by atoms with Crippen LogP contribution in [0.1, 0.15) is 29.5 Å². The van der Waals surface area contributed by atoms with E-state index in [0.29, 0.717) is 34.6 Å². The van der Waals surface area contributed by atoms with Gasteiger partial charge in [0.1, 0.15) is 4.83 Å². The van der Waals surface area contributed by atoms with Crippen LogP contribution in [0.5, 0.6) is 0 Å². The fraction of sp³-hybridized carbons (Fsp3) is 0.389. The number of anilines is 1. The Balaban J connectivity index is 1.65. The van der Waals surface area contributed by atoms with Gasteiger partial charge >= 0.3 is 0 Å². The average Bonchev–Trinajstić information content (AvgIpc) is 3.31. The maximum atomic E-state index is 13.1. The Labute approximate surface area is 176 Å². The minimum absolute atomic E-state index is 0.0170. The number of rotatable bonds is 6. The summed E-state index contributed by atoms with van der Waals surface area (Å²) in [6.45, 7) is 2.91. The van der Waals surface area contributed by atoms with Gasteiger partial charge in [-0.05, 0) is 31.9 Å². The highest BCUT2D eigenvalue weighted by Crippen LogP contribution is 2.32. The third-order valence-electron chi connectivity index (χ3n) is 4.93. The number of hydrogen-bond acceptors (Lipinski definition) is 9. The highest BCUT2D eigenvalue weighted by atomic mass is 32.2. The van der Waals surface area contributed by atoms with Gasteiger partial charge in [0, 0.05) is 17.0 Å². The Hall–Kier alpha value is -2.38. The molecular weight excluding hydrogens is 430 g/mol. The summed E-state index contributed by atoms with van der Waals surface area (Å²) < 4.78 is 29.8. The number of fused-ring (bicyclic) bond motifs is 1. The molecular formula is C18H21N5O5S2. The maximum Gasteiger partial charge on any atom is 0.262 e. The van der Waals surface area contributed by atoms with Crippen LogP contribution in [0.3, 0.4) is 0 Å². The number of sulfonamides is 1. The van der Waals surface area contributed by atoms with Gasteiger partial charge in [-0.3, -0.25) is 9.36 Å². The van der Waals surface area contributed by atoms with Crippen molar-refractivity contribution in [3.05, 3.63) is 45.5 Å². The number of aryl methyl sites for hydroxylation is 1. The third kappa shape index (κ3) is 4.09. The van der Waals surface area contributed by atoms with Crippen molar-refractivity contribution in [2.75, 3.05) is 11.9 Å². The lowest BCUT2D eigenvalue weighted by Crippen LogP contribution is -2.27. The number of thiophene rings is 1. The molecule has 12 heteroatoms. The molecule has 2 atom stereocenters. The molecule has 0 spiro atoms. The summed E-state index contributed by atoms with van der Waals surface area (Å²) in [4.78, 5) is 22.6. The van der Waals surface area contributed by atoms with E-state index >= 15 is 0 Å². The number of nitrogens with two attached hydrogens (primary N) is 1. The fourth-order valence-electron chi connectivity index (χ4n) is 3.49. The molecule has 10 nitrogen and oxygen atoms in total. The quantitative estimate of drug-likeness (QED) is 0.472. The summed E-state index contributed by atoms with van der Waals surface area (Å²) in [7, 11) is -3.91. The van der Waals surface area contributed by atoms with Gasteiger partial charge in [-0.1, -0.05) is 0 Å². The summed E-state index contributed by atoms with van der Waals surface area (Å²) >= 11 is 1.32. The van der Waals surface area contributed by atoms with Crippen molar-refractivity contribution in [3.63, 3.8) is 0 Å². The van der Waals surface area contributed by atoms with E-state index in [0.717, 1.165) is 17.7 Å². The van der Waals surface area contributed by atoms with E-state index in [4.69, 9.17) is 9.88 Å². The Bertz CT molecular complexity index is 1230. The van der Waals surface area contributed by atoms with Crippen molar-refractivity contribution in [2.24, 2.45) is 5.14 Å². The Morgan fingerprint density at radius 1 is 1.43 bits per heavy atom. The first-order valence-electron chi connectivity index (χ1n) is 9.27. The van der Waals surface area contributed by atoms with Gasteiger partial charge in [0.15, 0.2) is 11.3 Å². The predicted molar refractivity (Wildman–Crippen MR) is 112 cm³/mol. The minimum atomic E-state index is -3.91. The molecule has 1 aliphatic rings. The van der Waals surface area contributed by atoms with E-state index in [1.807, 2.05) is 0 Å². The molecule has 1 saturated heterocycles. The standard InChI is InChI=1S/C18H21N5O5S2/c1-10-14(16(24)22-11-4-5-13(20-7-11)30(19,26)27)15-17(29-10)21-9-23(18(15)25)8-12-3-2-6-28-12/h4-5,7,9,12,16,22,24H,2-3,6,8H2,1H3,(H2,19,26,27). The smallest absolute Gasteiger partial charge is 0.262 e. The number of primary sulfonamides is 1. The first-order valence-corrected chi connectivity index (χ1v) is 11.6. The van der Waals surface area contributed by atoms with Crippen LogP contribution >= 0.6 is 11.3 Å². The molecule has 0 amide bonds. The first kappa shape index (κ1) is 20.9. The van der Waals surface area contributed by atoms with Crippen molar-refractivity contribution in [1.29, 1.82) is 0 Å². The molecule has 1 fully saturated rings. The number of nitrogens with zero attached hydrogens (tertiary/aromatic N) is 3. The topological polar surface area (TPSA) is 149 Å². The molecule has 2 unspecified atom stereocenters. The van der Waals surface area contributed by atoms with E-state index in [9.17, 15) is 18.3 Å². The number of aliphatic hydroxyl groups is 1. The van der Waals surface area contributed by atoms with E-state index in [1.165, 1.54) is 40.6 Å². The molecule has 0 saturated carbocycles. The van der Waals surface area contributed by atoms with E-state index in [1.54, 1.807) is 6.92 Å². The molecule has 1 aliphatic heterocycles. The predicted octanol–water partition coefficient (Wildman–Crippen LogP) is 1.09. The fourth-order valence-corrected chi connectivity index (χ4v) is 4.96. The molecule has 4 heterocycles. The van der Waals surface area contributed by atoms with Gasteiger partial charge in [-0.15, -0.1) is 11.3 Å². The average molecular weight is 452 g/mol. The van der Waals surface area contributed by atoms with Crippen LogP contribution in [-0.2, 0) is 21.3 Å². The van der Waals surface area contributed by atoms with Crippen LogP contribution < -0.4 is 16.0 Å². The van der Waals surface area contributed by atoms with Crippen molar-refractivity contribution < 1.29 is 18.3 Å². The van der Waals surface area contributed by atoms with Gasteiger partial charge in [0.25, 0.3) is 15.6 Å². The summed E-state index contributed by atoms with van der Waals surface area (Å²) in [5, 5.41) is 18.8. The van der Waals surface area contributed by atoms with Crippen LogP contribution in [0.2, 0.25) is 0 Å². The van der Waals surface area contributed by atoms with Gasteiger partial charge in [-0.2, -0.15) is 0 Å². The highest BCUT2D eigenvalue weighted by Gasteiger charge is 2.23. The number of aromatic nitrogens is 3. The maximum absolute atomic E-state index is 13.1. The lowest BCUT2D eigenvalue weighted by Gasteiger charge is -2.15. The Morgan fingerprint density at radius 3 is 2.87 bits per heavy atom. The number of hydrogen-bond donors (Lipinski definition) is 3. The summed E-state index contributed by atoms with van der Waals surface area (Å²) in [5.74, 6) is 0. The van der Waals surface area contributed by atoms with Gasteiger partial charge in [0.2, 0.25) is 0 Å². The van der Waals surface area contributed by atoms with Crippen LogP contribution in [-0.4, -0.2) is 40.8 Å². The molecule has 3 aromatic heterocycles. The van der Waals surface area contributed by atoms with Crippen LogP contribution in [0, 0.1) is 6.92 Å². The molecule has 4 rings (SSSR count). The first-order chi connectivity index (χ1) is 14.2. The molecule has 3 aromatic rings. The molecule has 0 aromatic carbocycles. The van der Waals surface area contributed by atoms with Crippen molar-refractivity contribution in [3.8, 4) is 0 Å².